The van der Waals surface area contributed by atoms with Gasteiger partial charge in [-0.05, 0) is 31.3 Å². The molecule has 1 aliphatic heterocycles. The highest BCUT2D eigenvalue weighted by Gasteiger charge is 2.38. The van der Waals surface area contributed by atoms with Gasteiger partial charge in [0.05, 0.1) is 13.2 Å². The monoisotopic (exact) mass is 168 g/mol. The van der Waals surface area contributed by atoms with Gasteiger partial charge in [0.15, 0.2) is 5.79 Å². The minimum Gasteiger partial charge on any atom is -0.346 e. The molecule has 0 unspecified atom stereocenters. The van der Waals surface area contributed by atoms with Gasteiger partial charge in [0.1, 0.15) is 0 Å². The molecule has 12 heavy (non-hydrogen) atoms. The lowest BCUT2D eigenvalue weighted by Gasteiger charge is -2.41. The molecule has 0 aromatic heterocycles. The Labute approximate surface area is 73.5 Å². The smallest absolute Gasteiger partial charge is 0.190 e. The SMILES string of the molecule is C=C1CCCCC12OCCCO2. The lowest BCUT2D eigenvalue weighted by Crippen LogP contribution is -2.43. The van der Waals surface area contributed by atoms with Gasteiger partial charge < -0.3 is 9.47 Å². The molecule has 0 aromatic carbocycles. The van der Waals surface area contributed by atoms with E-state index in [1.54, 1.807) is 0 Å². The van der Waals surface area contributed by atoms with Crippen LogP contribution in [0.1, 0.15) is 32.1 Å². The highest BCUT2D eigenvalue weighted by molar-refractivity contribution is 5.11. The Morgan fingerprint density at radius 1 is 1.08 bits per heavy atom. The second kappa shape index (κ2) is 3.19. The molecule has 1 heterocycles. The Morgan fingerprint density at radius 3 is 2.50 bits per heavy atom. The van der Waals surface area contributed by atoms with E-state index in [0.29, 0.717) is 0 Å². The first kappa shape index (κ1) is 8.27. The third kappa shape index (κ3) is 1.29. The van der Waals surface area contributed by atoms with Gasteiger partial charge in [-0.2, -0.15) is 0 Å². The summed E-state index contributed by atoms with van der Waals surface area (Å²) in [6, 6.07) is 0. The standard InChI is InChI=1S/C10H16O2/c1-9-5-2-3-6-10(9)11-7-4-8-12-10/h1-8H2. The van der Waals surface area contributed by atoms with E-state index in [1.165, 1.54) is 12.8 Å². The zero-order valence-corrected chi connectivity index (χ0v) is 7.47. The van der Waals surface area contributed by atoms with Crippen LogP contribution in [-0.4, -0.2) is 19.0 Å². The molecule has 0 amide bonds. The van der Waals surface area contributed by atoms with Gasteiger partial charge in [-0.3, -0.25) is 0 Å². The van der Waals surface area contributed by atoms with Crippen LogP contribution in [0.25, 0.3) is 0 Å². The summed E-state index contributed by atoms with van der Waals surface area (Å²) in [5.74, 6) is -0.378. The van der Waals surface area contributed by atoms with Crippen molar-refractivity contribution in [2.45, 2.75) is 37.9 Å². The summed E-state index contributed by atoms with van der Waals surface area (Å²) in [5, 5.41) is 0. The third-order valence-electron chi connectivity index (χ3n) is 2.73. The van der Waals surface area contributed by atoms with Crippen LogP contribution < -0.4 is 0 Å². The summed E-state index contributed by atoms with van der Waals surface area (Å²) in [5.41, 5.74) is 1.15. The van der Waals surface area contributed by atoms with E-state index in [9.17, 15) is 0 Å². The van der Waals surface area contributed by atoms with Crippen molar-refractivity contribution in [2.75, 3.05) is 13.2 Å². The number of rotatable bonds is 0. The molecule has 2 nitrogen and oxygen atoms in total. The van der Waals surface area contributed by atoms with Gasteiger partial charge >= 0.3 is 0 Å². The maximum atomic E-state index is 5.70. The summed E-state index contributed by atoms with van der Waals surface area (Å²) in [6.07, 6.45) is 5.55. The molecule has 0 atom stereocenters. The maximum absolute atomic E-state index is 5.70. The van der Waals surface area contributed by atoms with Crippen LogP contribution in [-0.2, 0) is 9.47 Å². The molecule has 2 rings (SSSR count). The minimum atomic E-state index is -0.378. The summed E-state index contributed by atoms with van der Waals surface area (Å²) >= 11 is 0. The van der Waals surface area contributed by atoms with Crippen molar-refractivity contribution in [3.05, 3.63) is 12.2 Å². The largest absolute Gasteiger partial charge is 0.346 e. The Balaban J connectivity index is 2.09. The van der Waals surface area contributed by atoms with Crippen molar-refractivity contribution in [1.82, 2.24) is 0 Å². The first-order valence-electron chi connectivity index (χ1n) is 4.80. The van der Waals surface area contributed by atoms with E-state index >= 15 is 0 Å². The van der Waals surface area contributed by atoms with Crippen LogP contribution in [0.3, 0.4) is 0 Å². The van der Waals surface area contributed by atoms with Crippen LogP contribution in [0.15, 0.2) is 12.2 Å². The first-order valence-corrected chi connectivity index (χ1v) is 4.80. The molecule has 0 bridgehead atoms. The summed E-state index contributed by atoms with van der Waals surface area (Å²) in [6.45, 7) is 5.71. The molecule has 1 spiro atoms. The van der Waals surface area contributed by atoms with Crippen LogP contribution in [0.5, 0.6) is 0 Å². The molecule has 0 radical (unpaired) electrons. The van der Waals surface area contributed by atoms with E-state index in [1.807, 2.05) is 0 Å². The van der Waals surface area contributed by atoms with Crippen molar-refractivity contribution in [1.29, 1.82) is 0 Å². The van der Waals surface area contributed by atoms with Crippen molar-refractivity contribution < 1.29 is 9.47 Å². The van der Waals surface area contributed by atoms with E-state index in [4.69, 9.17) is 9.47 Å². The topological polar surface area (TPSA) is 18.5 Å². The van der Waals surface area contributed by atoms with Gasteiger partial charge in [-0.15, -0.1) is 0 Å². The highest BCUT2D eigenvalue weighted by Crippen LogP contribution is 2.38. The Bertz CT molecular complexity index is 172. The molecule has 68 valence electrons. The van der Waals surface area contributed by atoms with E-state index in [-0.39, 0.29) is 5.79 Å². The van der Waals surface area contributed by atoms with Gasteiger partial charge in [-0.1, -0.05) is 6.58 Å². The molecule has 1 aliphatic carbocycles. The highest BCUT2D eigenvalue weighted by atomic mass is 16.7. The minimum absolute atomic E-state index is 0.378. The molecule has 1 saturated heterocycles. The normalized spacial score (nSPS) is 29.2. The third-order valence-corrected chi connectivity index (χ3v) is 2.73. The fourth-order valence-electron chi connectivity index (χ4n) is 1.99. The summed E-state index contributed by atoms with van der Waals surface area (Å²) in [7, 11) is 0. The summed E-state index contributed by atoms with van der Waals surface area (Å²) < 4.78 is 11.4. The van der Waals surface area contributed by atoms with Gasteiger partial charge in [-0.25, -0.2) is 0 Å². The second-order valence-electron chi connectivity index (χ2n) is 3.61. The van der Waals surface area contributed by atoms with Crippen LogP contribution in [0, 0.1) is 0 Å². The lowest BCUT2D eigenvalue weighted by atomic mass is 9.89. The van der Waals surface area contributed by atoms with Crippen molar-refractivity contribution >= 4 is 0 Å². The average Bonchev–Trinajstić information content (AvgIpc) is 2.12. The molecule has 1 saturated carbocycles. The second-order valence-corrected chi connectivity index (χ2v) is 3.61. The van der Waals surface area contributed by atoms with Crippen LogP contribution in [0.2, 0.25) is 0 Å². The lowest BCUT2D eigenvalue weighted by molar-refractivity contribution is -0.251. The molecule has 0 N–H and O–H groups in total. The predicted molar refractivity (Wildman–Crippen MR) is 46.9 cm³/mol. The fraction of sp³-hybridized carbons (Fsp3) is 0.800. The fourth-order valence-corrected chi connectivity index (χ4v) is 1.99. The molecule has 0 aromatic rings. The Kier molecular flexibility index (Phi) is 2.20. The predicted octanol–water partition coefficient (Wildman–Crippen LogP) is 2.25. The zero-order chi connectivity index (χ0) is 8.44. The van der Waals surface area contributed by atoms with E-state index < -0.39 is 0 Å². The van der Waals surface area contributed by atoms with Crippen molar-refractivity contribution in [3.63, 3.8) is 0 Å². The number of hydrogen-bond donors (Lipinski definition) is 0. The van der Waals surface area contributed by atoms with Crippen molar-refractivity contribution in [3.8, 4) is 0 Å². The molecular formula is C10H16O2. The van der Waals surface area contributed by atoms with E-state index in [2.05, 4.69) is 6.58 Å². The van der Waals surface area contributed by atoms with Crippen LogP contribution >= 0.6 is 0 Å². The Hall–Kier alpha value is -0.340. The molecular weight excluding hydrogens is 152 g/mol. The molecule has 2 fully saturated rings. The van der Waals surface area contributed by atoms with Gasteiger partial charge in [0, 0.05) is 6.42 Å². The van der Waals surface area contributed by atoms with E-state index in [0.717, 1.165) is 38.0 Å². The summed E-state index contributed by atoms with van der Waals surface area (Å²) in [4.78, 5) is 0. The first-order chi connectivity index (χ1) is 5.83. The quantitative estimate of drug-likeness (QED) is 0.516. The van der Waals surface area contributed by atoms with Gasteiger partial charge in [0.25, 0.3) is 0 Å². The molecule has 2 aliphatic rings. The Morgan fingerprint density at radius 2 is 1.83 bits per heavy atom. The van der Waals surface area contributed by atoms with Crippen molar-refractivity contribution in [2.24, 2.45) is 0 Å². The maximum Gasteiger partial charge on any atom is 0.190 e. The van der Waals surface area contributed by atoms with Crippen LogP contribution in [0.4, 0.5) is 0 Å². The number of hydrogen-bond acceptors (Lipinski definition) is 2. The average molecular weight is 168 g/mol. The van der Waals surface area contributed by atoms with Gasteiger partial charge in [0.2, 0.25) is 0 Å². The zero-order valence-electron chi connectivity index (χ0n) is 7.47. The number of ether oxygens (including phenoxy) is 2. The molecule has 2 heteroatoms.